The van der Waals surface area contributed by atoms with Crippen molar-refractivity contribution in [3.05, 3.63) is 42.3 Å². The minimum Gasteiger partial charge on any atom is -0.291 e. The normalized spacial score (nSPS) is 9.67. The van der Waals surface area contributed by atoms with E-state index < -0.39 is 0 Å². The summed E-state index contributed by atoms with van der Waals surface area (Å²) in [6.07, 6.45) is 6.23. The molecule has 1 heteroatoms. The Morgan fingerprint density at radius 2 is 2.00 bits per heavy atom. The summed E-state index contributed by atoms with van der Waals surface area (Å²) in [4.78, 5) is 9.86. The van der Waals surface area contributed by atoms with Crippen LogP contribution in [0.25, 0.3) is 0 Å². The summed E-state index contributed by atoms with van der Waals surface area (Å²) < 4.78 is 0. The Morgan fingerprint density at radius 3 is 2.67 bits per heavy atom. The molecule has 0 saturated carbocycles. The van der Waals surface area contributed by atoms with Crippen LogP contribution in [0.15, 0.2) is 30.3 Å². The average Bonchev–Trinajstić information content (AvgIpc) is 2.14. The van der Waals surface area contributed by atoms with E-state index in [1.165, 1.54) is 5.56 Å². The van der Waals surface area contributed by atoms with Gasteiger partial charge in [0, 0.05) is 6.42 Å². The highest BCUT2D eigenvalue weighted by atomic mass is 16.1. The van der Waals surface area contributed by atoms with Crippen LogP contribution < -0.4 is 0 Å². The Labute approximate surface area is 73.4 Å². The lowest BCUT2D eigenvalue weighted by Gasteiger charge is -1.97. The molecule has 1 nitrogen and oxygen atoms in total. The van der Waals surface area contributed by atoms with Crippen molar-refractivity contribution in [2.75, 3.05) is 0 Å². The maximum atomic E-state index is 9.86. The maximum absolute atomic E-state index is 9.86. The first-order chi connectivity index (χ1) is 5.93. The lowest BCUT2D eigenvalue weighted by Crippen LogP contribution is -1.85. The number of hydrogen-bond acceptors (Lipinski definition) is 1. The molecule has 0 aliphatic carbocycles. The van der Waals surface area contributed by atoms with E-state index in [-0.39, 0.29) is 0 Å². The molecule has 0 heterocycles. The molecule has 0 spiro atoms. The van der Waals surface area contributed by atoms with Crippen LogP contribution in [0, 0.1) is 6.42 Å². The van der Waals surface area contributed by atoms with E-state index in [0.717, 1.165) is 12.8 Å². The van der Waals surface area contributed by atoms with Crippen molar-refractivity contribution in [1.82, 2.24) is 0 Å². The van der Waals surface area contributed by atoms with Crippen molar-refractivity contribution in [3.63, 3.8) is 0 Å². The zero-order valence-corrected chi connectivity index (χ0v) is 6.99. The third-order valence-corrected chi connectivity index (χ3v) is 1.71. The molecule has 1 rings (SSSR count). The summed E-state index contributed by atoms with van der Waals surface area (Å²) in [6.45, 7) is 0. The van der Waals surface area contributed by atoms with Gasteiger partial charge in [-0.2, -0.15) is 0 Å². The van der Waals surface area contributed by atoms with Gasteiger partial charge in [0.05, 0.1) is 0 Å². The van der Waals surface area contributed by atoms with E-state index in [2.05, 4.69) is 12.1 Å². The second-order valence-electron chi connectivity index (χ2n) is 2.66. The van der Waals surface area contributed by atoms with Crippen LogP contribution in [0.2, 0.25) is 0 Å². The largest absolute Gasteiger partial charge is 0.291 e. The van der Waals surface area contributed by atoms with Crippen LogP contribution in [-0.4, -0.2) is 6.29 Å². The third kappa shape index (κ3) is 3.33. The molecule has 1 aromatic carbocycles. The van der Waals surface area contributed by atoms with Gasteiger partial charge in [-0.3, -0.25) is 4.79 Å². The highest BCUT2D eigenvalue weighted by Crippen LogP contribution is 2.04. The van der Waals surface area contributed by atoms with Gasteiger partial charge >= 0.3 is 0 Å². The minimum atomic E-state index is 0.451. The molecule has 0 unspecified atom stereocenters. The molecule has 0 saturated heterocycles. The van der Waals surface area contributed by atoms with E-state index in [0.29, 0.717) is 6.42 Å². The van der Waals surface area contributed by atoms with Gasteiger partial charge < -0.3 is 0 Å². The molecule has 0 N–H and O–H groups in total. The van der Waals surface area contributed by atoms with Crippen LogP contribution in [0.5, 0.6) is 0 Å². The lowest BCUT2D eigenvalue weighted by molar-refractivity contribution is 0.553. The van der Waals surface area contributed by atoms with Crippen molar-refractivity contribution in [2.24, 2.45) is 0 Å². The second-order valence-corrected chi connectivity index (χ2v) is 2.66. The third-order valence-electron chi connectivity index (χ3n) is 1.71. The zero-order valence-electron chi connectivity index (χ0n) is 6.99. The van der Waals surface area contributed by atoms with Crippen molar-refractivity contribution in [1.29, 1.82) is 0 Å². The molecule has 1 aromatic rings. The van der Waals surface area contributed by atoms with E-state index in [1.807, 2.05) is 30.9 Å². The van der Waals surface area contributed by atoms with Crippen molar-refractivity contribution in [3.8, 4) is 0 Å². The molecule has 2 radical (unpaired) electrons. The fourth-order valence-corrected chi connectivity index (χ4v) is 1.07. The van der Waals surface area contributed by atoms with Gasteiger partial charge in [0.15, 0.2) is 6.29 Å². The van der Waals surface area contributed by atoms with Crippen molar-refractivity contribution >= 4 is 6.29 Å². The standard InChI is InChI=1S/C11H12O/c12-10-6-2-5-9-11-7-3-1-4-8-11/h1-4,7-8H,5-6,9H2. The van der Waals surface area contributed by atoms with Gasteiger partial charge in [-0.25, -0.2) is 0 Å². The van der Waals surface area contributed by atoms with E-state index >= 15 is 0 Å². The summed E-state index contributed by atoms with van der Waals surface area (Å²) in [5.74, 6) is 0. The van der Waals surface area contributed by atoms with Crippen LogP contribution in [0.3, 0.4) is 0 Å². The average molecular weight is 160 g/mol. The van der Waals surface area contributed by atoms with Crippen LogP contribution >= 0.6 is 0 Å². The molecule has 0 aromatic heterocycles. The predicted molar refractivity (Wildman–Crippen MR) is 49.4 cm³/mol. The zero-order chi connectivity index (χ0) is 8.65. The van der Waals surface area contributed by atoms with Gasteiger partial charge in [0.25, 0.3) is 0 Å². The molecule has 0 fully saturated rings. The van der Waals surface area contributed by atoms with Crippen molar-refractivity contribution < 1.29 is 4.79 Å². The number of aryl methyl sites for hydroxylation is 1. The highest BCUT2D eigenvalue weighted by Gasteiger charge is 1.91. The smallest absolute Gasteiger partial charge is 0.198 e. The minimum absolute atomic E-state index is 0.451. The Morgan fingerprint density at radius 1 is 1.25 bits per heavy atom. The second kappa shape index (κ2) is 5.53. The van der Waals surface area contributed by atoms with Gasteiger partial charge in [-0.15, -0.1) is 0 Å². The molecular weight excluding hydrogens is 148 g/mol. The van der Waals surface area contributed by atoms with E-state index in [4.69, 9.17) is 0 Å². The predicted octanol–water partition coefficient (Wildman–Crippen LogP) is 2.32. The summed E-state index contributed by atoms with van der Waals surface area (Å²) in [5, 5.41) is 0. The molecule has 0 atom stereocenters. The Kier molecular flexibility index (Phi) is 4.14. The molecule has 0 amide bonds. The Balaban J connectivity index is 2.20. The van der Waals surface area contributed by atoms with Crippen LogP contribution in [-0.2, 0) is 11.2 Å². The van der Waals surface area contributed by atoms with Crippen LogP contribution in [0.1, 0.15) is 18.4 Å². The Hall–Kier alpha value is -1.11. The van der Waals surface area contributed by atoms with E-state index in [9.17, 15) is 4.79 Å². The fraction of sp³-hybridized carbons (Fsp3) is 0.273. The Bertz CT molecular complexity index is 216. The monoisotopic (exact) mass is 160 g/mol. The number of benzene rings is 1. The molecule has 0 bridgehead atoms. The van der Waals surface area contributed by atoms with Gasteiger partial charge in [-0.05, 0) is 24.8 Å². The van der Waals surface area contributed by atoms with Crippen LogP contribution in [0.4, 0.5) is 0 Å². The molecule has 12 heavy (non-hydrogen) atoms. The molecule has 0 aliphatic rings. The quantitative estimate of drug-likeness (QED) is 0.604. The number of carbonyl (C=O) groups excluding carboxylic acids is 1. The summed E-state index contributed by atoms with van der Waals surface area (Å²) in [5.41, 5.74) is 1.32. The lowest BCUT2D eigenvalue weighted by atomic mass is 10.1. The molecule has 0 aliphatic heterocycles. The first-order valence-corrected chi connectivity index (χ1v) is 4.14. The van der Waals surface area contributed by atoms with Gasteiger partial charge in [-0.1, -0.05) is 30.3 Å². The number of unbranched alkanes of at least 4 members (excludes halogenated alkanes) is 2. The van der Waals surface area contributed by atoms with E-state index in [1.54, 1.807) is 0 Å². The first-order valence-electron chi connectivity index (χ1n) is 4.14. The summed E-state index contributed by atoms with van der Waals surface area (Å²) >= 11 is 0. The van der Waals surface area contributed by atoms with Gasteiger partial charge in [0.1, 0.15) is 0 Å². The number of hydrogen-bond donors (Lipinski definition) is 0. The van der Waals surface area contributed by atoms with Gasteiger partial charge in [0.2, 0.25) is 0 Å². The summed E-state index contributed by atoms with van der Waals surface area (Å²) in [6, 6.07) is 10.3. The first kappa shape index (κ1) is 8.98. The summed E-state index contributed by atoms with van der Waals surface area (Å²) in [7, 11) is 0. The topological polar surface area (TPSA) is 17.1 Å². The SMILES string of the molecule is O=[C]C[CH]CCc1ccccc1. The highest BCUT2D eigenvalue weighted by molar-refractivity contribution is 5.52. The van der Waals surface area contributed by atoms with Crippen molar-refractivity contribution in [2.45, 2.75) is 19.3 Å². The fourth-order valence-electron chi connectivity index (χ4n) is 1.07. The maximum Gasteiger partial charge on any atom is 0.198 e. The molecular formula is C11H12O. The molecule has 62 valence electrons. The number of rotatable bonds is 5.